The van der Waals surface area contributed by atoms with Gasteiger partial charge >= 0.3 is 0 Å². The smallest absolute Gasteiger partial charge is 0.253 e. The molecule has 1 unspecified atom stereocenters. The number of nitriles is 1. The van der Waals surface area contributed by atoms with Crippen molar-refractivity contribution in [3.8, 4) is 6.07 Å². The minimum atomic E-state index is -0.172. The zero-order valence-corrected chi connectivity index (χ0v) is 9.53. The number of rotatable bonds is 4. The molecule has 1 aromatic heterocycles. The molecule has 0 aliphatic heterocycles. The molecule has 0 spiro atoms. The van der Waals surface area contributed by atoms with Gasteiger partial charge in [-0.3, -0.25) is 9.78 Å². The minimum Gasteiger partial charge on any atom is -0.348 e. The first-order valence-electron chi connectivity index (χ1n) is 5.27. The molecule has 0 radical (unpaired) electrons. The van der Waals surface area contributed by atoms with Crippen LogP contribution in [0.15, 0.2) is 18.3 Å². The van der Waals surface area contributed by atoms with Crippen LogP contribution in [0.2, 0.25) is 0 Å². The largest absolute Gasteiger partial charge is 0.348 e. The van der Waals surface area contributed by atoms with E-state index in [9.17, 15) is 4.79 Å². The number of amides is 1. The average molecular weight is 217 g/mol. The number of hydrogen-bond donors (Lipinski definition) is 1. The monoisotopic (exact) mass is 217 g/mol. The third kappa shape index (κ3) is 3.35. The Labute approximate surface area is 95.3 Å². The highest BCUT2D eigenvalue weighted by molar-refractivity contribution is 5.94. The van der Waals surface area contributed by atoms with Crippen molar-refractivity contribution in [3.05, 3.63) is 29.6 Å². The van der Waals surface area contributed by atoms with Crippen LogP contribution in [0.3, 0.4) is 0 Å². The van der Waals surface area contributed by atoms with E-state index in [2.05, 4.69) is 16.4 Å². The van der Waals surface area contributed by atoms with E-state index in [1.54, 1.807) is 18.3 Å². The van der Waals surface area contributed by atoms with Crippen molar-refractivity contribution in [1.29, 1.82) is 5.26 Å². The number of carbonyl (C=O) groups is 1. The van der Waals surface area contributed by atoms with E-state index in [1.807, 2.05) is 13.8 Å². The standard InChI is InChI=1S/C12H15N3O/c1-3-11(6-7-13)15-12(16)10-5-4-9(2)14-8-10/h4-5,8,11H,3,6H2,1-2H3,(H,15,16). The molecule has 16 heavy (non-hydrogen) atoms. The second-order valence-electron chi connectivity index (χ2n) is 3.63. The fourth-order valence-corrected chi connectivity index (χ4v) is 1.28. The Balaban J connectivity index is 2.65. The summed E-state index contributed by atoms with van der Waals surface area (Å²) in [5.41, 5.74) is 1.41. The first kappa shape index (κ1) is 12.2. The lowest BCUT2D eigenvalue weighted by molar-refractivity contribution is 0.0936. The van der Waals surface area contributed by atoms with Crippen molar-refractivity contribution in [2.45, 2.75) is 32.7 Å². The normalized spacial score (nSPS) is 11.6. The maximum atomic E-state index is 11.7. The van der Waals surface area contributed by atoms with Gasteiger partial charge in [-0.2, -0.15) is 5.26 Å². The quantitative estimate of drug-likeness (QED) is 0.836. The highest BCUT2D eigenvalue weighted by Crippen LogP contribution is 2.02. The molecule has 1 rings (SSSR count). The van der Waals surface area contributed by atoms with Gasteiger partial charge in [0.1, 0.15) is 0 Å². The summed E-state index contributed by atoms with van der Waals surface area (Å²) < 4.78 is 0. The zero-order chi connectivity index (χ0) is 12.0. The number of pyridine rings is 1. The summed E-state index contributed by atoms with van der Waals surface area (Å²) in [5, 5.41) is 11.4. The molecule has 1 amide bonds. The van der Waals surface area contributed by atoms with Gasteiger partial charge in [0.05, 0.1) is 18.1 Å². The van der Waals surface area contributed by atoms with E-state index in [1.165, 1.54) is 0 Å². The zero-order valence-electron chi connectivity index (χ0n) is 9.53. The molecule has 1 aromatic rings. The van der Waals surface area contributed by atoms with E-state index >= 15 is 0 Å². The highest BCUT2D eigenvalue weighted by Gasteiger charge is 2.11. The Morgan fingerprint density at radius 2 is 2.38 bits per heavy atom. The van der Waals surface area contributed by atoms with Gasteiger partial charge in [0.15, 0.2) is 0 Å². The topological polar surface area (TPSA) is 65.8 Å². The number of carbonyl (C=O) groups excluding carboxylic acids is 1. The van der Waals surface area contributed by atoms with Crippen LogP contribution in [-0.2, 0) is 0 Å². The minimum absolute atomic E-state index is 0.0844. The maximum Gasteiger partial charge on any atom is 0.253 e. The summed E-state index contributed by atoms with van der Waals surface area (Å²) in [6.45, 7) is 3.81. The van der Waals surface area contributed by atoms with Crippen LogP contribution < -0.4 is 5.32 Å². The van der Waals surface area contributed by atoms with Crippen molar-refractivity contribution < 1.29 is 4.79 Å². The van der Waals surface area contributed by atoms with Crippen LogP contribution >= 0.6 is 0 Å². The fourth-order valence-electron chi connectivity index (χ4n) is 1.28. The third-order valence-electron chi connectivity index (χ3n) is 2.34. The van der Waals surface area contributed by atoms with Gasteiger partial charge in [-0.25, -0.2) is 0 Å². The molecule has 0 aromatic carbocycles. The van der Waals surface area contributed by atoms with Gasteiger partial charge in [0, 0.05) is 17.9 Å². The molecule has 1 heterocycles. The molecular formula is C12H15N3O. The van der Waals surface area contributed by atoms with Gasteiger partial charge in [0.25, 0.3) is 5.91 Å². The van der Waals surface area contributed by atoms with Crippen LogP contribution in [-0.4, -0.2) is 16.9 Å². The van der Waals surface area contributed by atoms with Crippen molar-refractivity contribution in [2.75, 3.05) is 0 Å². The molecule has 4 nitrogen and oxygen atoms in total. The summed E-state index contributed by atoms with van der Waals surface area (Å²) in [5.74, 6) is -0.172. The summed E-state index contributed by atoms with van der Waals surface area (Å²) in [4.78, 5) is 15.8. The summed E-state index contributed by atoms with van der Waals surface area (Å²) in [6.07, 6.45) is 2.63. The molecule has 0 bridgehead atoms. The molecule has 84 valence electrons. The maximum absolute atomic E-state index is 11.7. The molecular weight excluding hydrogens is 202 g/mol. The highest BCUT2D eigenvalue weighted by atomic mass is 16.1. The van der Waals surface area contributed by atoms with E-state index < -0.39 is 0 Å². The molecule has 0 saturated carbocycles. The van der Waals surface area contributed by atoms with Gasteiger partial charge in [0.2, 0.25) is 0 Å². The van der Waals surface area contributed by atoms with Crippen molar-refractivity contribution in [3.63, 3.8) is 0 Å². The van der Waals surface area contributed by atoms with Crippen LogP contribution in [0.1, 0.15) is 35.8 Å². The molecule has 1 atom stereocenters. The van der Waals surface area contributed by atoms with Crippen LogP contribution in [0.25, 0.3) is 0 Å². The van der Waals surface area contributed by atoms with Crippen LogP contribution in [0, 0.1) is 18.3 Å². The summed E-state index contributed by atoms with van der Waals surface area (Å²) >= 11 is 0. The second-order valence-corrected chi connectivity index (χ2v) is 3.63. The summed E-state index contributed by atoms with van der Waals surface area (Å²) in [6, 6.07) is 5.49. The number of hydrogen-bond acceptors (Lipinski definition) is 3. The molecule has 4 heteroatoms. The number of aryl methyl sites for hydroxylation is 1. The number of nitrogens with one attached hydrogen (secondary N) is 1. The second kappa shape index (κ2) is 5.86. The molecule has 1 N–H and O–H groups in total. The molecule has 0 fully saturated rings. The van der Waals surface area contributed by atoms with E-state index in [0.717, 1.165) is 12.1 Å². The Morgan fingerprint density at radius 1 is 1.62 bits per heavy atom. The fraction of sp³-hybridized carbons (Fsp3) is 0.417. The Morgan fingerprint density at radius 3 is 2.88 bits per heavy atom. The lowest BCUT2D eigenvalue weighted by Crippen LogP contribution is -2.34. The van der Waals surface area contributed by atoms with Gasteiger partial charge < -0.3 is 5.32 Å². The van der Waals surface area contributed by atoms with Gasteiger partial charge in [-0.1, -0.05) is 6.92 Å². The Kier molecular flexibility index (Phi) is 4.46. The van der Waals surface area contributed by atoms with Crippen molar-refractivity contribution >= 4 is 5.91 Å². The lowest BCUT2D eigenvalue weighted by atomic mass is 10.1. The SMILES string of the molecule is CCC(CC#N)NC(=O)c1ccc(C)nc1. The Bertz CT molecular complexity index is 392. The number of nitrogens with zero attached hydrogens (tertiary/aromatic N) is 2. The molecule has 0 saturated heterocycles. The summed E-state index contributed by atoms with van der Waals surface area (Å²) in [7, 11) is 0. The average Bonchev–Trinajstić information content (AvgIpc) is 2.29. The number of aromatic nitrogens is 1. The predicted octanol–water partition coefficient (Wildman–Crippen LogP) is 1.81. The van der Waals surface area contributed by atoms with Gasteiger partial charge in [-0.05, 0) is 25.5 Å². The Hall–Kier alpha value is -1.89. The molecule has 0 aliphatic carbocycles. The van der Waals surface area contributed by atoms with Crippen molar-refractivity contribution in [2.24, 2.45) is 0 Å². The van der Waals surface area contributed by atoms with Crippen LogP contribution in [0.5, 0.6) is 0 Å². The van der Waals surface area contributed by atoms with Crippen molar-refractivity contribution in [1.82, 2.24) is 10.3 Å². The lowest BCUT2D eigenvalue weighted by Gasteiger charge is -2.13. The first-order chi connectivity index (χ1) is 7.67. The van der Waals surface area contributed by atoms with E-state index in [-0.39, 0.29) is 11.9 Å². The predicted molar refractivity (Wildman–Crippen MR) is 60.7 cm³/mol. The third-order valence-corrected chi connectivity index (χ3v) is 2.34. The van der Waals surface area contributed by atoms with E-state index in [0.29, 0.717) is 12.0 Å². The molecule has 0 aliphatic rings. The van der Waals surface area contributed by atoms with Crippen LogP contribution in [0.4, 0.5) is 0 Å². The van der Waals surface area contributed by atoms with E-state index in [4.69, 9.17) is 5.26 Å². The first-order valence-corrected chi connectivity index (χ1v) is 5.27. The van der Waals surface area contributed by atoms with Gasteiger partial charge in [-0.15, -0.1) is 0 Å².